The van der Waals surface area contributed by atoms with Crippen LogP contribution < -0.4 is 4.90 Å². The van der Waals surface area contributed by atoms with Gasteiger partial charge in [-0.3, -0.25) is 4.79 Å². The van der Waals surface area contributed by atoms with Crippen molar-refractivity contribution in [2.24, 2.45) is 0 Å². The molecule has 1 saturated heterocycles. The summed E-state index contributed by atoms with van der Waals surface area (Å²) in [5.74, 6) is 1.79. The normalized spacial score (nSPS) is 14.5. The molecular formula is C24H25N5O2S. The lowest BCUT2D eigenvalue weighted by Crippen LogP contribution is -2.49. The Hall–Kier alpha value is -3.23. The summed E-state index contributed by atoms with van der Waals surface area (Å²) >= 11 is 1.66. The minimum Gasteiger partial charge on any atom is -0.472 e. The quantitative estimate of drug-likeness (QED) is 0.461. The maximum absolute atomic E-state index is 12.7. The van der Waals surface area contributed by atoms with Crippen LogP contribution in [-0.2, 0) is 6.54 Å². The number of anilines is 1. The lowest BCUT2D eigenvalue weighted by atomic mass is 10.1. The van der Waals surface area contributed by atoms with Crippen LogP contribution in [0.5, 0.6) is 0 Å². The van der Waals surface area contributed by atoms with Gasteiger partial charge in [0.2, 0.25) is 0 Å². The highest BCUT2D eigenvalue weighted by atomic mass is 32.1. The molecule has 1 aliphatic rings. The first-order valence-corrected chi connectivity index (χ1v) is 11.5. The van der Waals surface area contributed by atoms with E-state index < -0.39 is 0 Å². The molecule has 1 aromatic carbocycles. The van der Waals surface area contributed by atoms with Crippen molar-refractivity contribution in [2.45, 2.75) is 6.54 Å². The number of thiophene rings is 1. The Bertz CT molecular complexity index is 1210. The van der Waals surface area contributed by atoms with Crippen molar-refractivity contribution in [1.82, 2.24) is 19.8 Å². The maximum Gasteiger partial charge on any atom is 0.257 e. The Balaban J connectivity index is 1.49. The van der Waals surface area contributed by atoms with Crippen molar-refractivity contribution < 1.29 is 9.21 Å². The Morgan fingerprint density at radius 2 is 1.88 bits per heavy atom. The zero-order valence-corrected chi connectivity index (χ0v) is 19.0. The predicted octanol–water partition coefficient (Wildman–Crippen LogP) is 3.98. The highest BCUT2D eigenvalue weighted by Crippen LogP contribution is 2.38. The number of hydrogen-bond donors (Lipinski definition) is 0. The number of nitrogens with zero attached hydrogens (tertiary/aromatic N) is 5. The van der Waals surface area contributed by atoms with E-state index >= 15 is 0 Å². The Morgan fingerprint density at radius 1 is 1.09 bits per heavy atom. The van der Waals surface area contributed by atoms with E-state index in [2.05, 4.69) is 39.4 Å². The van der Waals surface area contributed by atoms with Crippen LogP contribution >= 0.6 is 11.3 Å². The van der Waals surface area contributed by atoms with Gasteiger partial charge in [-0.1, -0.05) is 30.3 Å². The topological polar surface area (TPSA) is 65.7 Å². The van der Waals surface area contributed by atoms with E-state index in [-0.39, 0.29) is 5.91 Å². The van der Waals surface area contributed by atoms with Crippen molar-refractivity contribution in [1.29, 1.82) is 0 Å². The number of rotatable bonds is 5. The summed E-state index contributed by atoms with van der Waals surface area (Å²) in [5, 5.41) is 3.27. The largest absolute Gasteiger partial charge is 0.472 e. The van der Waals surface area contributed by atoms with Gasteiger partial charge in [-0.25, -0.2) is 9.97 Å². The molecule has 3 aromatic heterocycles. The van der Waals surface area contributed by atoms with Crippen LogP contribution in [0.15, 0.2) is 58.7 Å². The smallest absolute Gasteiger partial charge is 0.257 e. The average Bonchev–Trinajstić information content (AvgIpc) is 3.49. The monoisotopic (exact) mass is 447 g/mol. The number of benzene rings is 1. The Morgan fingerprint density at radius 3 is 2.56 bits per heavy atom. The molecule has 8 heteroatoms. The maximum atomic E-state index is 12.7. The van der Waals surface area contributed by atoms with E-state index in [4.69, 9.17) is 14.4 Å². The van der Waals surface area contributed by atoms with Crippen LogP contribution in [0.1, 0.15) is 16.2 Å². The zero-order valence-electron chi connectivity index (χ0n) is 18.2. The minimum atomic E-state index is 0.0139. The van der Waals surface area contributed by atoms with Gasteiger partial charge >= 0.3 is 0 Å². The molecule has 0 bridgehead atoms. The van der Waals surface area contributed by atoms with Gasteiger partial charge in [-0.15, -0.1) is 11.3 Å². The SMILES string of the molecule is CN(C)Cc1nc(N2CCN(C(=O)c3ccoc3)CC2)c2c(-c3ccccc3)csc2n1. The van der Waals surface area contributed by atoms with Crippen LogP contribution in [0.4, 0.5) is 5.82 Å². The predicted molar refractivity (Wildman–Crippen MR) is 127 cm³/mol. The lowest BCUT2D eigenvalue weighted by Gasteiger charge is -2.35. The van der Waals surface area contributed by atoms with E-state index in [0.29, 0.717) is 25.2 Å². The highest BCUT2D eigenvalue weighted by Gasteiger charge is 2.26. The second-order valence-electron chi connectivity index (χ2n) is 8.19. The van der Waals surface area contributed by atoms with E-state index in [9.17, 15) is 4.79 Å². The zero-order chi connectivity index (χ0) is 22.1. The molecule has 1 aliphatic heterocycles. The van der Waals surface area contributed by atoms with Crippen molar-refractivity contribution in [3.05, 3.63) is 65.7 Å². The molecule has 0 atom stereocenters. The molecule has 0 aliphatic carbocycles. The fourth-order valence-electron chi connectivity index (χ4n) is 4.07. The fourth-order valence-corrected chi connectivity index (χ4v) is 5.03. The number of hydrogen-bond acceptors (Lipinski definition) is 7. The lowest BCUT2D eigenvalue weighted by molar-refractivity contribution is 0.0746. The first-order valence-electron chi connectivity index (χ1n) is 10.6. The average molecular weight is 448 g/mol. The second-order valence-corrected chi connectivity index (χ2v) is 9.05. The second kappa shape index (κ2) is 8.72. The molecule has 0 N–H and O–H groups in total. The third-order valence-electron chi connectivity index (χ3n) is 5.64. The van der Waals surface area contributed by atoms with Gasteiger partial charge in [0.15, 0.2) is 0 Å². The summed E-state index contributed by atoms with van der Waals surface area (Å²) in [5.41, 5.74) is 2.92. The minimum absolute atomic E-state index is 0.0139. The van der Waals surface area contributed by atoms with Crippen LogP contribution in [0.3, 0.4) is 0 Å². The summed E-state index contributed by atoms with van der Waals surface area (Å²) < 4.78 is 5.08. The molecular weight excluding hydrogens is 422 g/mol. The van der Waals surface area contributed by atoms with Crippen molar-refractivity contribution in [3.8, 4) is 11.1 Å². The fraction of sp³-hybridized carbons (Fsp3) is 0.292. The molecule has 0 unspecified atom stereocenters. The number of piperazine rings is 1. The van der Waals surface area contributed by atoms with Crippen molar-refractivity contribution in [2.75, 3.05) is 45.2 Å². The molecule has 1 amide bonds. The molecule has 0 radical (unpaired) electrons. The first kappa shape index (κ1) is 20.7. The van der Waals surface area contributed by atoms with Crippen LogP contribution in [0.2, 0.25) is 0 Å². The molecule has 4 aromatic rings. The van der Waals surface area contributed by atoms with Gasteiger partial charge in [0.25, 0.3) is 5.91 Å². The van der Waals surface area contributed by atoms with Gasteiger partial charge in [0, 0.05) is 37.1 Å². The third-order valence-corrected chi connectivity index (χ3v) is 6.51. The van der Waals surface area contributed by atoms with Gasteiger partial charge in [-0.2, -0.15) is 0 Å². The summed E-state index contributed by atoms with van der Waals surface area (Å²) in [6, 6.07) is 12.1. The van der Waals surface area contributed by atoms with Crippen LogP contribution in [0, 0.1) is 0 Å². The molecule has 0 saturated carbocycles. The molecule has 0 spiro atoms. The first-order chi connectivity index (χ1) is 15.6. The van der Waals surface area contributed by atoms with Gasteiger partial charge < -0.3 is 19.1 Å². The summed E-state index contributed by atoms with van der Waals surface area (Å²) in [6.45, 7) is 3.41. The van der Waals surface area contributed by atoms with E-state index in [1.54, 1.807) is 17.4 Å². The van der Waals surface area contributed by atoms with Gasteiger partial charge in [0.1, 0.15) is 22.7 Å². The van der Waals surface area contributed by atoms with Crippen molar-refractivity contribution >= 4 is 33.3 Å². The third kappa shape index (κ3) is 3.99. The standard InChI is InChI=1S/C24H25N5O2S/c1-27(2)14-20-25-22(21-19(16-32-23(21)26-20)17-6-4-3-5-7-17)28-9-11-29(12-10-28)24(30)18-8-13-31-15-18/h3-8,13,15-16H,9-12,14H2,1-2H3. The molecule has 4 heterocycles. The van der Waals surface area contributed by atoms with E-state index in [0.717, 1.165) is 46.1 Å². The number of amides is 1. The van der Waals surface area contributed by atoms with Gasteiger partial charge in [-0.05, 0) is 25.7 Å². The highest BCUT2D eigenvalue weighted by molar-refractivity contribution is 7.17. The Kier molecular flexibility index (Phi) is 5.63. The molecule has 1 fully saturated rings. The van der Waals surface area contributed by atoms with Gasteiger partial charge in [0.05, 0.1) is 23.8 Å². The number of fused-ring (bicyclic) bond motifs is 1. The number of carbonyl (C=O) groups excluding carboxylic acids is 1. The number of furan rings is 1. The molecule has 7 nitrogen and oxygen atoms in total. The summed E-state index contributed by atoms with van der Waals surface area (Å²) in [4.78, 5) is 29.8. The van der Waals surface area contributed by atoms with E-state index in [1.165, 1.54) is 12.5 Å². The van der Waals surface area contributed by atoms with Crippen LogP contribution in [-0.4, -0.2) is 65.9 Å². The number of carbonyl (C=O) groups is 1. The summed E-state index contributed by atoms with van der Waals surface area (Å²) in [6.07, 6.45) is 3.04. The van der Waals surface area contributed by atoms with E-state index in [1.807, 2.05) is 25.1 Å². The van der Waals surface area contributed by atoms with Crippen LogP contribution in [0.25, 0.3) is 21.3 Å². The molecule has 164 valence electrons. The Labute approximate surface area is 190 Å². The molecule has 32 heavy (non-hydrogen) atoms. The number of aromatic nitrogens is 2. The molecule has 5 rings (SSSR count). The van der Waals surface area contributed by atoms with Crippen molar-refractivity contribution in [3.63, 3.8) is 0 Å². The summed E-state index contributed by atoms with van der Waals surface area (Å²) in [7, 11) is 4.05.